The van der Waals surface area contributed by atoms with Gasteiger partial charge in [0, 0.05) is 30.4 Å². The predicted molar refractivity (Wildman–Crippen MR) is 107 cm³/mol. The third-order valence-corrected chi connectivity index (χ3v) is 4.36. The number of rotatable bonds is 9. The van der Waals surface area contributed by atoms with Crippen LogP contribution in [0.5, 0.6) is 5.75 Å². The lowest BCUT2D eigenvalue weighted by molar-refractivity contribution is 0.0692. The lowest BCUT2D eigenvalue weighted by atomic mass is 9.97. The van der Waals surface area contributed by atoms with Crippen molar-refractivity contribution < 1.29 is 19.8 Å². The SMILES string of the molecule is CCCCN(CC(C)C)c1ccc(C(=O)c2ccccc2C(=O)O)c(O)c1. The standard InChI is InChI=1S/C22H27NO4/c1-4-5-12-23(14-15(2)3)16-10-11-19(20(24)13-16)21(25)17-8-6-7-9-18(17)22(26)27/h6-11,13,15,24H,4-5,12,14H2,1-3H3,(H,26,27). The molecule has 2 rings (SSSR count). The minimum absolute atomic E-state index is 0.0677. The van der Waals surface area contributed by atoms with Gasteiger partial charge in [-0.3, -0.25) is 4.79 Å². The Hall–Kier alpha value is -2.82. The normalized spacial score (nSPS) is 10.8. The van der Waals surface area contributed by atoms with Crippen LogP contribution in [0.1, 0.15) is 59.9 Å². The van der Waals surface area contributed by atoms with E-state index < -0.39 is 11.8 Å². The maximum Gasteiger partial charge on any atom is 0.336 e. The number of phenolic OH excluding ortho intramolecular Hbond substituents is 1. The largest absolute Gasteiger partial charge is 0.507 e. The molecule has 27 heavy (non-hydrogen) atoms. The molecule has 2 aromatic rings. The smallest absolute Gasteiger partial charge is 0.336 e. The number of hydrogen-bond donors (Lipinski definition) is 2. The fourth-order valence-electron chi connectivity index (χ4n) is 3.04. The van der Waals surface area contributed by atoms with Crippen LogP contribution in [-0.2, 0) is 0 Å². The Bertz CT molecular complexity index is 814. The van der Waals surface area contributed by atoms with E-state index in [4.69, 9.17) is 0 Å². The van der Waals surface area contributed by atoms with Crippen molar-refractivity contribution in [1.82, 2.24) is 0 Å². The first-order chi connectivity index (χ1) is 12.8. The van der Waals surface area contributed by atoms with Gasteiger partial charge in [0.05, 0.1) is 11.1 Å². The molecule has 2 aromatic carbocycles. The van der Waals surface area contributed by atoms with Crippen molar-refractivity contribution in [1.29, 1.82) is 0 Å². The molecule has 0 saturated heterocycles. The van der Waals surface area contributed by atoms with Gasteiger partial charge in [0.25, 0.3) is 0 Å². The monoisotopic (exact) mass is 369 g/mol. The van der Waals surface area contributed by atoms with Gasteiger partial charge < -0.3 is 15.1 Å². The molecule has 0 atom stereocenters. The zero-order chi connectivity index (χ0) is 20.0. The summed E-state index contributed by atoms with van der Waals surface area (Å²) < 4.78 is 0. The van der Waals surface area contributed by atoms with Crippen molar-refractivity contribution in [3.63, 3.8) is 0 Å². The van der Waals surface area contributed by atoms with E-state index >= 15 is 0 Å². The number of carbonyl (C=O) groups excluding carboxylic acids is 1. The van der Waals surface area contributed by atoms with Gasteiger partial charge in [0.15, 0.2) is 5.78 Å². The van der Waals surface area contributed by atoms with Crippen LogP contribution in [0.15, 0.2) is 42.5 Å². The van der Waals surface area contributed by atoms with Crippen molar-refractivity contribution in [2.45, 2.75) is 33.6 Å². The first-order valence-electron chi connectivity index (χ1n) is 9.30. The number of unbranched alkanes of at least 4 members (excludes halogenated alkanes) is 1. The molecule has 0 bridgehead atoms. The van der Waals surface area contributed by atoms with Crippen LogP contribution in [0, 0.1) is 5.92 Å². The van der Waals surface area contributed by atoms with E-state index in [9.17, 15) is 19.8 Å². The zero-order valence-corrected chi connectivity index (χ0v) is 16.1. The van der Waals surface area contributed by atoms with Crippen LogP contribution in [0.25, 0.3) is 0 Å². The van der Waals surface area contributed by atoms with E-state index in [0.29, 0.717) is 5.92 Å². The summed E-state index contributed by atoms with van der Waals surface area (Å²) in [6.45, 7) is 8.14. The molecule has 0 aliphatic rings. The van der Waals surface area contributed by atoms with Gasteiger partial charge in [-0.05, 0) is 30.5 Å². The van der Waals surface area contributed by atoms with Crippen molar-refractivity contribution in [2.24, 2.45) is 5.92 Å². The van der Waals surface area contributed by atoms with Gasteiger partial charge in [-0.1, -0.05) is 45.4 Å². The number of carbonyl (C=O) groups is 2. The number of ketones is 1. The van der Waals surface area contributed by atoms with Gasteiger partial charge in [-0.2, -0.15) is 0 Å². The third-order valence-electron chi connectivity index (χ3n) is 4.36. The lowest BCUT2D eigenvalue weighted by Gasteiger charge is -2.27. The maximum atomic E-state index is 12.8. The highest BCUT2D eigenvalue weighted by molar-refractivity contribution is 6.15. The number of carboxylic acids is 1. The summed E-state index contributed by atoms with van der Waals surface area (Å²) >= 11 is 0. The van der Waals surface area contributed by atoms with Crippen molar-refractivity contribution in [2.75, 3.05) is 18.0 Å². The van der Waals surface area contributed by atoms with Crippen LogP contribution in [-0.4, -0.2) is 35.1 Å². The average molecular weight is 369 g/mol. The molecule has 0 aliphatic carbocycles. The maximum absolute atomic E-state index is 12.8. The summed E-state index contributed by atoms with van der Waals surface area (Å²) in [7, 11) is 0. The molecule has 5 heteroatoms. The Labute approximate surface area is 160 Å². The van der Waals surface area contributed by atoms with Gasteiger partial charge in [0.1, 0.15) is 5.75 Å². The summed E-state index contributed by atoms with van der Waals surface area (Å²) in [5, 5.41) is 19.8. The molecular formula is C22H27NO4. The highest BCUT2D eigenvalue weighted by Crippen LogP contribution is 2.28. The summed E-state index contributed by atoms with van der Waals surface area (Å²) in [6, 6.07) is 11.0. The average Bonchev–Trinajstić information content (AvgIpc) is 2.64. The molecule has 2 N–H and O–H groups in total. The van der Waals surface area contributed by atoms with Crippen molar-refractivity contribution in [3.8, 4) is 5.75 Å². The summed E-state index contributed by atoms with van der Waals surface area (Å²) in [6.07, 6.45) is 2.11. The number of aromatic hydroxyl groups is 1. The second-order valence-corrected chi connectivity index (χ2v) is 7.07. The van der Waals surface area contributed by atoms with E-state index in [-0.39, 0.29) is 22.4 Å². The van der Waals surface area contributed by atoms with E-state index in [0.717, 1.165) is 31.6 Å². The number of benzene rings is 2. The molecule has 0 fully saturated rings. The molecule has 0 spiro atoms. The number of carboxylic acid groups (broad SMARTS) is 1. The quantitative estimate of drug-likeness (QED) is 0.633. The van der Waals surface area contributed by atoms with E-state index in [2.05, 4.69) is 25.7 Å². The Morgan fingerprint density at radius 1 is 1.04 bits per heavy atom. The Kier molecular flexibility index (Phi) is 6.99. The summed E-state index contributed by atoms with van der Waals surface area (Å²) in [4.78, 5) is 26.4. The first-order valence-corrected chi connectivity index (χ1v) is 9.30. The topological polar surface area (TPSA) is 77.8 Å². The second kappa shape index (κ2) is 9.21. The minimum atomic E-state index is -1.17. The fourth-order valence-corrected chi connectivity index (χ4v) is 3.04. The van der Waals surface area contributed by atoms with E-state index in [1.807, 2.05) is 6.07 Å². The molecule has 0 heterocycles. The second-order valence-electron chi connectivity index (χ2n) is 7.07. The van der Waals surface area contributed by atoms with Crippen LogP contribution < -0.4 is 4.90 Å². The highest BCUT2D eigenvalue weighted by atomic mass is 16.4. The van der Waals surface area contributed by atoms with Gasteiger partial charge in [0.2, 0.25) is 0 Å². The van der Waals surface area contributed by atoms with Crippen LogP contribution in [0.3, 0.4) is 0 Å². The molecule has 0 aromatic heterocycles. The lowest BCUT2D eigenvalue weighted by Crippen LogP contribution is -2.28. The molecule has 144 valence electrons. The number of hydrogen-bond acceptors (Lipinski definition) is 4. The number of aromatic carboxylic acids is 1. The molecule has 5 nitrogen and oxygen atoms in total. The number of anilines is 1. The van der Waals surface area contributed by atoms with E-state index in [1.54, 1.807) is 24.3 Å². The molecule has 0 amide bonds. The predicted octanol–water partition coefficient (Wildman–Crippen LogP) is 4.58. The molecular weight excluding hydrogens is 342 g/mol. The van der Waals surface area contributed by atoms with Gasteiger partial charge >= 0.3 is 5.97 Å². The number of nitrogens with zero attached hydrogens (tertiary/aromatic N) is 1. The minimum Gasteiger partial charge on any atom is -0.507 e. The van der Waals surface area contributed by atoms with Crippen LogP contribution >= 0.6 is 0 Å². The van der Waals surface area contributed by atoms with Crippen LogP contribution in [0.4, 0.5) is 5.69 Å². The van der Waals surface area contributed by atoms with Gasteiger partial charge in [-0.15, -0.1) is 0 Å². The molecule has 0 saturated carbocycles. The zero-order valence-electron chi connectivity index (χ0n) is 16.1. The van der Waals surface area contributed by atoms with Crippen molar-refractivity contribution in [3.05, 3.63) is 59.2 Å². The Morgan fingerprint density at radius 2 is 1.70 bits per heavy atom. The summed E-state index contributed by atoms with van der Waals surface area (Å²) in [5.41, 5.74) is 0.957. The molecule has 0 radical (unpaired) electrons. The third kappa shape index (κ3) is 5.09. The molecule has 0 unspecified atom stereocenters. The fraction of sp³-hybridized carbons (Fsp3) is 0.364. The Balaban J connectivity index is 2.35. The van der Waals surface area contributed by atoms with Gasteiger partial charge in [-0.25, -0.2) is 4.79 Å². The summed E-state index contributed by atoms with van der Waals surface area (Å²) in [5.74, 6) is -1.34. The van der Waals surface area contributed by atoms with E-state index in [1.165, 1.54) is 12.1 Å². The number of phenols is 1. The first kappa shape index (κ1) is 20.5. The highest BCUT2D eigenvalue weighted by Gasteiger charge is 2.21. The molecule has 0 aliphatic heterocycles. The van der Waals surface area contributed by atoms with Crippen molar-refractivity contribution >= 4 is 17.4 Å². The van der Waals surface area contributed by atoms with Crippen LogP contribution in [0.2, 0.25) is 0 Å². The Morgan fingerprint density at radius 3 is 2.26 bits per heavy atom.